The molecule has 0 aliphatic carbocycles. The molecule has 6 heteroatoms. The normalized spacial score (nSPS) is 12.6. The lowest BCUT2D eigenvalue weighted by atomic mass is 10.0. The number of para-hydroxylation sites is 1. The first-order valence-corrected chi connectivity index (χ1v) is 7.68. The minimum Gasteiger partial charge on any atom is -0.247 e. The summed E-state index contributed by atoms with van der Waals surface area (Å²) in [6, 6.07) is 12.9. The molecule has 2 aromatic carbocycles. The van der Waals surface area contributed by atoms with Gasteiger partial charge in [0.2, 0.25) is 0 Å². The highest BCUT2D eigenvalue weighted by molar-refractivity contribution is 6.20. The Morgan fingerprint density at radius 3 is 2.64 bits per heavy atom. The summed E-state index contributed by atoms with van der Waals surface area (Å²) >= 11 is 0. The van der Waals surface area contributed by atoms with Crippen LogP contribution in [0.2, 0.25) is 0 Å². The number of halogens is 2. The van der Waals surface area contributed by atoms with Crippen molar-refractivity contribution in [3.8, 4) is 11.3 Å². The fourth-order valence-corrected chi connectivity index (χ4v) is 3.18. The van der Waals surface area contributed by atoms with Gasteiger partial charge in [-0.15, -0.1) is 0 Å². The summed E-state index contributed by atoms with van der Waals surface area (Å²) in [5.41, 5.74) is 4.37. The van der Waals surface area contributed by atoms with Crippen molar-refractivity contribution < 1.29 is 8.78 Å². The van der Waals surface area contributed by atoms with Gasteiger partial charge in [0, 0.05) is 29.0 Å². The lowest BCUT2D eigenvalue weighted by Gasteiger charge is -2.06. The number of rotatable bonds is 1. The van der Waals surface area contributed by atoms with Gasteiger partial charge < -0.3 is 0 Å². The van der Waals surface area contributed by atoms with E-state index in [1.807, 2.05) is 30.3 Å². The van der Waals surface area contributed by atoms with Crippen LogP contribution in [0.25, 0.3) is 16.8 Å². The first-order chi connectivity index (χ1) is 12.2. The molecule has 1 aliphatic heterocycles. The molecule has 0 saturated heterocycles. The number of aliphatic imine (C=N–C) groups is 1. The van der Waals surface area contributed by atoms with Crippen molar-refractivity contribution >= 4 is 16.9 Å². The molecule has 4 nitrogen and oxygen atoms in total. The summed E-state index contributed by atoms with van der Waals surface area (Å²) in [5, 5.41) is 4.22. The fourth-order valence-electron chi connectivity index (χ4n) is 3.18. The molecule has 4 aromatic rings. The van der Waals surface area contributed by atoms with E-state index in [9.17, 15) is 8.78 Å². The minimum atomic E-state index is -0.657. The van der Waals surface area contributed by atoms with Crippen molar-refractivity contribution in [1.29, 1.82) is 0 Å². The van der Waals surface area contributed by atoms with Crippen molar-refractivity contribution in [2.24, 2.45) is 4.99 Å². The Morgan fingerprint density at radius 1 is 0.880 bits per heavy atom. The van der Waals surface area contributed by atoms with Crippen LogP contribution < -0.4 is 0 Å². The van der Waals surface area contributed by atoms with Crippen LogP contribution in [0.5, 0.6) is 0 Å². The van der Waals surface area contributed by atoms with Crippen molar-refractivity contribution in [3.05, 3.63) is 83.8 Å². The molecule has 0 spiro atoms. The number of hydrogen-bond acceptors (Lipinski definition) is 3. The van der Waals surface area contributed by atoms with Crippen LogP contribution in [0.1, 0.15) is 11.1 Å². The average molecular weight is 332 g/mol. The first-order valence-electron chi connectivity index (χ1n) is 7.68. The molecular formula is C19H10F2N4. The maximum absolute atomic E-state index is 14.4. The molecule has 3 heterocycles. The van der Waals surface area contributed by atoms with E-state index in [1.54, 1.807) is 10.7 Å². The van der Waals surface area contributed by atoms with Crippen LogP contribution >= 0.6 is 0 Å². The van der Waals surface area contributed by atoms with E-state index >= 15 is 0 Å². The van der Waals surface area contributed by atoms with Crippen LogP contribution in [-0.2, 0) is 0 Å². The quantitative estimate of drug-likeness (QED) is 0.463. The summed E-state index contributed by atoms with van der Waals surface area (Å²) in [7, 11) is 0. The number of aromatic nitrogens is 3. The molecule has 0 radical (unpaired) electrons. The monoisotopic (exact) mass is 332 g/mol. The number of hydrogen-bond donors (Lipinski definition) is 0. The number of benzene rings is 2. The Kier molecular flexibility index (Phi) is 2.82. The summed E-state index contributed by atoms with van der Waals surface area (Å²) < 4.78 is 29.5. The third kappa shape index (κ3) is 2.00. The Balaban J connectivity index is 1.92. The van der Waals surface area contributed by atoms with E-state index in [2.05, 4.69) is 15.1 Å². The van der Waals surface area contributed by atoms with Gasteiger partial charge in [0.25, 0.3) is 0 Å². The second-order valence-electron chi connectivity index (χ2n) is 5.73. The van der Waals surface area contributed by atoms with Gasteiger partial charge in [-0.05, 0) is 24.3 Å². The highest BCUT2D eigenvalue weighted by Gasteiger charge is 2.24. The van der Waals surface area contributed by atoms with Gasteiger partial charge in [-0.3, -0.25) is 0 Å². The summed E-state index contributed by atoms with van der Waals surface area (Å²) in [6.07, 6.45) is 3.26. The summed E-state index contributed by atoms with van der Waals surface area (Å²) in [6.45, 7) is 0. The van der Waals surface area contributed by atoms with Gasteiger partial charge in [0.05, 0.1) is 11.4 Å². The highest BCUT2D eigenvalue weighted by Crippen LogP contribution is 2.37. The predicted molar refractivity (Wildman–Crippen MR) is 90.1 cm³/mol. The zero-order chi connectivity index (χ0) is 17.0. The third-order valence-electron chi connectivity index (χ3n) is 4.29. The molecular weight excluding hydrogens is 322 g/mol. The average Bonchev–Trinajstić information content (AvgIpc) is 2.98. The van der Waals surface area contributed by atoms with E-state index in [0.717, 1.165) is 22.8 Å². The Bertz CT molecular complexity index is 1180. The van der Waals surface area contributed by atoms with Crippen LogP contribution in [0.4, 0.5) is 14.5 Å². The summed E-state index contributed by atoms with van der Waals surface area (Å²) in [4.78, 5) is 9.10. The first kappa shape index (κ1) is 14.0. The molecule has 0 amide bonds. The number of fused-ring (bicyclic) bond motifs is 2. The molecule has 0 saturated carbocycles. The lowest BCUT2D eigenvalue weighted by Crippen LogP contribution is -2.06. The molecule has 0 N–H and O–H groups in total. The standard InChI is InChI=1S/C19H10F2N4/c20-11-5-6-12(15(21)9-11)17-14-7-8-25-19(14)18(22-10-23-25)13-3-1-2-4-16(13)24-17/h1-10H. The zero-order valence-corrected chi connectivity index (χ0v) is 12.8. The van der Waals surface area contributed by atoms with E-state index in [1.165, 1.54) is 18.5 Å². The van der Waals surface area contributed by atoms with E-state index in [0.29, 0.717) is 17.0 Å². The smallest absolute Gasteiger partial charge is 0.137 e. The molecule has 0 unspecified atom stereocenters. The van der Waals surface area contributed by atoms with Crippen molar-refractivity contribution in [2.75, 3.05) is 0 Å². The molecule has 25 heavy (non-hydrogen) atoms. The van der Waals surface area contributed by atoms with Crippen LogP contribution in [0.15, 0.2) is 66.0 Å². The zero-order valence-electron chi connectivity index (χ0n) is 12.8. The van der Waals surface area contributed by atoms with Gasteiger partial charge in [0.15, 0.2) is 0 Å². The van der Waals surface area contributed by atoms with Gasteiger partial charge in [-0.2, -0.15) is 5.10 Å². The molecule has 5 rings (SSSR count). The predicted octanol–water partition coefficient (Wildman–Crippen LogP) is 4.16. The van der Waals surface area contributed by atoms with Crippen LogP contribution in [0, 0.1) is 11.6 Å². The Hall–Kier alpha value is -3.41. The van der Waals surface area contributed by atoms with E-state index in [4.69, 9.17) is 0 Å². The van der Waals surface area contributed by atoms with Crippen molar-refractivity contribution in [2.45, 2.75) is 0 Å². The lowest BCUT2D eigenvalue weighted by molar-refractivity contribution is 0.582. The van der Waals surface area contributed by atoms with Crippen molar-refractivity contribution in [1.82, 2.24) is 14.6 Å². The number of nitrogens with zero attached hydrogens (tertiary/aromatic N) is 4. The van der Waals surface area contributed by atoms with Gasteiger partial charge in [0.1, 0.15) is 29.2 Å². The molecule has 120 valence electrons. The van der Waals surface area contributed by atoms with Gasteiger partial charge in [-0.25, -0.2) is 23.3 Å². The molecule has 1 aliphatic rings. The second-order valence-corrected chi connectivity index (χ2v) is 5.73. The van der Waals surface area contributed by atoms with Gasteiger partial charge in [-0.1, -0.05) is 18.2 Å². The Morgan fingerprint density at radius 2 is 1.76 bits per heavy atom. The van der Waals surface area contributed by atoms with Crippen molar-refractivity contribution in [3.63, 3.8) is 0 Å². The molecule has 0 fully saturated rings. The van der Waals surface area contributed by atoms with E-state index < -0.39 is 11.6 Å². The maximum Gasteiger partial charge on any atom is 0.137 e. The van der Waals surface area contributed by atoms with Crippen LogP contribution in [-0.4, -0.2) is 20.3 Å². The topological polar surface area (TPSA) is 42.5 Å². The largest absolute Gasteiger partial charge is 0.247 e. The third-order valence-corrected chi connectivity index (χ3v) is 4.29. The summed E-state index contributed by atoms with van der Waals surface area (Å²) in [5.74, 6) is -1.28. The van der Waals surface area contributed by atoms with E-state index in [-0.39, 0.29) is 5.56 Å². The second kappa shape index (κ2) is 5.04. The maximum atomic E-state index is 14.4. The molecule has 0 bridgehead atoms. The highest BCUT2D eigenvalue weighted by atomic mass is 19.1. The minimum absolute atomic E-state index is 0.237. The molecule has 0 atom stereocenters. The SMILES string of the molecule is Fc1ccc(C2=Nc3ccccc3-c3ncnn4ccc2c34)c(F)c1. The van der Waals surface area contributed by atoms with Gasteiger partial charge >= 0.3 is 0 Å². The Labute approximate surface area is 141 Å². The molecule has 2 aromatic heterocycles. The van der Waals surface area contributed by atoms with Crippen LogP contribution in [0.3, 0.4) is 0 Å². The fraction of sp³-hybridized carbons (Fsp3) is 0.